The Morgan fingerprint density at radius 1 is 1.64 bits per heavy atom. The van der Waals surface area contributed by atoms with Crippen molar-refractivity contribution >= 4 is 28.5 Å². The number of amides is 1. The van der Waals surface area contributed by atoms with Crippen LogP contribution in [0.25, 0.3) is 0 Å². The largest absolute Gasteiger partial charge is 0.354 e. The van der Waals surface area contributed by atoms with Crippen molar-refractivity contribution in [1.29, 1.82) is 0 Å². The molecule has 0 fully saturated rings. The maximum absolute atomic E-state index is 11.3. The molecule has 0 aromatic heterocycles. The van der Waals surface area contributed by atoms with E-state index < -0.39 is 16.8 Å². The van der Waals surface area contributed by atoms with Crippen LogP contribution in [-0.4, -0.2) is 46.7 Å². The van der Waals surface area contributed by atoms with Gasteiger partial charge in [-0.2, -0.15) is 11.8 Å². The molecule has 0 aliphatic carbocycles. The molecule has 0 saturated heterocycles. The molecular formula is C8H18N2O2S2. The van der Waals surface area contributed by atoms with Crippen molar-refractivity contribution in [3.05, 3.63) is 0 Å². The smallest absolute Gasteiger partial charge is 0.236 e. The fourth-order valence-electron chi connectivity index (χ4n) is 0.825. The number of carbonyl (C=O) groups is 1. The summed E-state index contributed by atoms with van der Waals surface area (Å²) in [5.74, 6) is 1.22. The van der Waals surface area contributed by atoms with Gasteiger partial charge in [-0.3, -0.25) is 9.00 Å². The van der Waals surface area contributed by atoms with Gasteiger partial charge in [-0.15, -0.1) is 0 Å². The van der Waals surface area contributed by atoms with Crippen LogP contribution >= 0.6 is 11.8 Å². The van der Waals surface area contributed by atoms with E-state index in [1.165, 1.54) is 0 Å². The normalized spacial score (nSPS) is 14.8. The zero-order valence-corrected chi connectivity index (χ0v) is 10.2. The Labute approximate surface area is 91.8 Å². The number of thioether (sulfide) groups is 1. The van der Waals surface area contributed by atoms with Gasteiger partial charge >= 0.3 is 0 Å². The molecule has 0 aliphatic rings. The van der Waals surface area contributed by atoms with Crippen LogP contribution in [0.3, 0.4) is 0 Å². The van der Waals surface area contributed by atoms with Gasteiger partial charge in [-0.05, 0) is 18.4 Å². The zero-order valence-electron chi connectivity index (χ0n) is 8.62. The highest BCUT2D eigenvalue weighted by Crippen LogP contribution is 1.98. The van der Waals surface area contributed by atoms with Crippen LogP contribution in [-0.2, 0) is 15.6 Å². The van der Waals surface area contributed by atoms with Crippen LogP contribution < -0.4 is 11.1 Å². The summed E-state index contributed by atoms with van der Waals surface area (Å²) in [6.45, 7) is 0.439. The van der Waals surface area contributed by atoms with Crippen molar-refractivity contribution in [3.8, 4) is 0 Å². The number of nitrogens with two attached hydrogens (primary N) is 1. The maximum atomic E-state index is 11.3. The highest BCUT2D eigenvalue weighted by atomic mass is 32.2. The second-order valence-electron chi connectivity index (χ2n) is 2.96. The summed E-state index contributed by atoms with van der Waals surface area (Å²) >= 11 is 1.67. The average Bonchev–Trinajstić information content (AvgIpc) is 2.13. The highest BCUT2D eigenvalue weighted by molar-refractivity contribution is 7.98. The number of carbonyl (C=O) groups excluding carboxylic acids is 1. The van der Waals surface area contributed by atoms with Gasteiger partial charge in [-0.1, -0.05) is 0 Å². The monoisotopic (exact) mass is 238 g/mol. The first-order valence-electron chi connectivity index (χ1n) is 4.40. The van der Waals surface area contributed by atoms with Gasteiger partial charge in [-0.25, -0.2) is 0 Å². The van der Waals surface area contributed by atoms with Gasteiger partial charge in [0.25, 0.3) is 0 Å². The van der Waals surface area contributed by atoms with E-state index in [9.17, 15) is 9.00 Å². The molecule has 0 aromatic rings. The Balaban J connectivity index is 3.56. The first-order chi connectivity index (χ1) is 6.57. The molecule has 1 unspecified atom stereocenters. The third-order valence-electron chi connectivity index (χ3n) is 1.66. The molecule has 0 saturated carbocycles. The van der Waals surface area contributed by atoms with E-state index in [4.69, 9.17) is 5.73 Å². The summed E-state index contributed by atoms with van der Waals surface area (Å²) in [7, 11) is -0.860. The first-order valence-corrected chi connectivity index (χ1v) is 7.52. The van der Waals surface area contributed by atoms with Gasteiger partial charge < -0.3 is 11.1 Å². The van der Waals surface area contributed by atoms with Crippen molar-refractivity contribution in [1.82, 2.24) is 5.32 Å². The second-order valence-corrected chi connectivity index (χ2v) is 5.50. The lowest BCUT2D eigenvalue weighted by atomic mass is 10.2. The molecule has 2 atom stereocenters. The first kappa shape index (κ1) is 13.9. The summed E-state index contributed by atoms with van der Waals surface area (Å²) in [5, 5.41) is 2.66. The van der Waals surface area contributed by atoms with Crippen LogP contribution in [0.2, 0.25) is 0 Å². The van der Waals surface area contributed by atoms with E-state index in [-0.39, 0.29) is 5.91 Å². The molecular weight excluding hydrogens is 220 g/mol. The summed E-state index contributed by atoms with van der Waals surface area (Å²) in [5.41, 5.74) is 5.62. The van der Waals surface area contributed by atoms with Crippen LogP contribution in [0.5, 0.6) is 0 Å². The molecule has 0 bridgehead atoms. The van der Waals surface area contributed by atoms with Gasteiger partial charge in [0, 0.05) is 29.4 Å². The minimum Gasteiger partial charge on any atom is -0.354 e. The predicted octanol–water partition coefficient (Wildman–Crippen LogP) is -0.438. The van der Waals surface area contributed by atoms with Crippen molar-refractivity contribution < 1.29 is 9.00 Å². The second kappa shape index (κ2) is 8.26. The molecule has 84 valence electrons. The predicted molar refractivity (Wildman–Crippen MR) is 62.9 cm³/mol. The van der Waals surface area contributed by atoms with Crippen LogP contribution in [0.4, 0.5) is 0 Å². The van der Waals surface area contributed by atoms with E-state index in [0.29, 0.717) is 18.7 Å². The van der Waals surface area contributed by atoms with E-state index in [0.717, 1.165) is 5.75 Å². The molecule has 4 nitrogen and oxygen atoms in total. The molecule has 1 amide bonds. The zero-order chi connectivity index (χ0) is 11.0. The Kier molecular flexibility index (Phi) is 8.21. The molecule has 3 N–H and O–H groups in total. The summed E-state index contributed by atoms with van der Waals surface area (Å²) < 4.78 is 10.7. The molecule has 0 aromatic carbocycles. The molecule has 0 heterocycles. The summed E-state index contributed by atoms with van der Waals surface area (Å²) in [6.07, 6.45) is 4.27. The van der Waals surface area contributed by atoms with E-state index in [1.807, 2.05) is 6.26 Å². The molecule has 14 heavy (non-hydrogen) atoms. The lowest BCUT2D eigenvalue weighted by Crippen LogP contribution is -2.42. The summed E-state index contributed by atoms with van der Waals surface area (Å²) in [6, 6.07) is -0.437. The minimum atomic E-state index is -0.860. The Morgan fingerprint density at radius 2 is 2.29 bits per heavy atom. The topological polar surface area (TPSA) is 72.2 Å². The van der Waals surface area contributed by atoms with Crippen molar-refractivity contribution in [2.75, 3.05) is 30.6 Å². The Bertz CT molecular complexity index is 200. The molecule has 0 rings (SSSR count). The standard InChI is InChI=1S/C8H18N2O2S2/c1-13-5-3-7(9)8(11)10-4-6-14(2)12/h7H,3-6,9H2,1-2H3,(H,10,11)/t7-,14?/m1/s1. The highest BCUT2D eigenvalue weighted by Gasteiger charge is 2.11. The van der Waals surface area contributed by atoms with Crippen molar-refractivity contribution in [3.63, 3.8) is 0 Å². The number of nitrogens with one attached hydrogen (secondary N) is 1. The van der Waals surface area contributed by atoms with E-state index in [1.54, 1.807) is 18.0 Å². The number of hydrogen-bond donors (Lipinski definition) is 2. The van der Waals surface area contributed by atoms with Crippen molar-refractivity contribution in [2.45, 2.75) is 12.5 Å². The molecule has 0 radical (unpaired) electrons. The Morgan fingerprint density at radius 3 is 2.79 bits per heavy atom. The minimum absolute atomic E-state index is 0.149. The molecule has 6 heteroatoms. The average molecular weight is 238 g/mol. The Hall–Kier alpha value is -0.0700. The number of rotatable bonds is 7. The van der Waals surface area contributed by atoms with Gasteiger partial charge in [0.1, 0.15) is 0 Å². The summed E-state index contributed by atoms with van der Waals surface area (Å²) in [4.78, 5) is 11.3. The fourth-order valence-corrected chi connectivity index (χ4v) is 1.70. The molecule has 0 aliphatic heterocycles. The van der Waals surface area contributed by atoms with Crippen molar-refractivity contribution in [2.24, 2.45) is 5.73 Å². The third-order valence-corrected chi connectivity index (χ3v) is 3.08. The van der Waals surface area contributed by atoms with Crippen LogP contribution in [0.1, 0.15) is 6.42 Å². The number of hydrogen-bond acceptors (Lipinski definition) is 4. The quantitative estimate of drug-likeness (QED) is 0.631. The van der Waals surface area contributed by atoms with Crippen LogP contribution in [0, 0.1) is 0 Å². The molecule has 0 spiro atoms. The SMILES string of the molecule is CSCC[C@@H](N)C(=O)NCCS(C)=O. The fraction of sp³-hybridized carbons (Fsp3) is 0.875. The van der Waals surface area contributed by atoms with Gasteiger partial charge in [0.2, 0.25) is 5.91 Å². The lowest BCUT2D eigenvalue weighted by Gasteiger charge is -2.10. The lowest BCUT2D eigenvalue weighted by molar-refractivity contribution is -0.122. The van der Waals surface area contributed by atoms with Gasteiger partial charge in [0.05, 0.1) is 6.04 Å². The van der Waals surface area contributed by atoms with E-state index >= 15 is 0 Å². The maximum Gasteiger partial charge on any atom is 0.236 e. The van der Waals surface area contributed by atoms with Crippen LogP contribution in [0.15, 0.2) is 0 Å². The van der Waals surface area contributed by atoms with Gasteiger partial charge in [0.15, 0.2) is 0 Å². The van der Waals surface area contributed by atoms with E-state index in [2.05, 4.69) is 5.32 Å². The third kappa shape index (κ3) is 7.34.